The second-order valence-electron chi connectivity index (χ2n) is 5.22. The third-order valence-corrected chi connectivity index (χ3v) is 3.92. The van der Waals surface area contributed by atoms with Crippen molar-refractivity contribution in [1.29, 1.82) is 0 Å². The van der Waals surface area contributed by atoms with E-state index in [1.54, 1.807) is 0 Å². The van der Waals surface area contributed by atoms with Crippen molar-refractivity contribution in [2.45, 2.75) is 39.2 Å². The Bertz CT molecular complexity index is 421. The van der Waals surface area contributed by atoms with Crippen molar-refractivity contribution in [2.75, 3.05) is 13.6 Å². The second-order valence-corrected chi connectivity index (χ2v) is 5.22. The number of rotatable bonds is 4. The third kappa shape index (κ3) is 2.75. The Kier molecular flexibility index (Phi) is 3.63. The number of Topliss-reactive ketones (excluding diaryl/α,β-unsaturated/α-hetero) is 1. The first-order valence-corrected chi connectivity index (χ1v) is 6.38. The molecule has 92 valence electrons. The van der Waals surface area contributed by atoms with E-state index in [1.807, 2.05) is 18.2 Å². The number of benzene rings is 1. The molecule has 0 aliphatic heterocycles. The van der Waals surface area contributed by atoms with Gasteiger partial charge in [0.2, 0.25) is 0 Å². The lowest BCUT2D eigenvalue weighted by molar-refractivity contribution is 0.0870. The molecule has 0 aromatic heterocycles. The van der Waals surface area contributed by atoms with Crippen molar-refractivity contribution in [1.82, 2.24) is 4.90 Å². The van der Waals surface area contributed by atoms with Crippen LogP contribution in [0.5, 0.6) is 0 Å². The van der Waals surface area contributed by atoms with Crippen LogP contribution in [-0.4, -0.2) is 30.3 Å². The molecule has 1 aliphatic rings. The van der Waals surface area contributed by atoms with Gasteiger partial charge in [0.25, 0.3) is 0 Å². The van der Waals surface area contributed by atoms with E-state index in [-0.39, 0.29) is 5.78 Å². The topological polar surface area (TPSA) is 20.3 Å². The molecule has 0 unspecified atom stereocenters. The molecule has 0 radical (unpaired) electrons. The molecule has 2 nitrogen and oxygen atoms in total. The van der Waals surface area contributed by atoms with Crippen molar-refractivity contribution >= 4 is 5.78 Å². The van der Waals surface area contributed by atoms with Gasteiger partial charge in [-0.2, -0.15) is 0 Å². The molecule has 0 spiro atoms. The summed E-state index contributed by atoms with van der Waals surface area (Å²) < 4.78 is 0. The van der Waals surface area contributed by atoms with Gasteiger partial charge >= 0.3 is 0 Å². The molecule has 2 heteroatoms. The number of aryl methyl sites for hydroxylation is 2. The van der Waals surface area contributed by atoms with E-state index in [9.17, 15) is 4.79 Å². The van der Waals surface area contributed by atoms with Gasteiger partial charge in [-0.3, -0.25) is 9.69 Å². The Balaban J connectivity index is 2.01. The summed E-state index contributed by atoms with van der Waals surface area (Å²) in [7, 11) is 2.06. The Labute approximate surface area is 104 Å². The number of hydrogen-bond donors (Lipinski definition) is 0. The molecule has 1 fully saturated rings. The minimum absolute atomic E-state index is 0.238. The molecular formula is C15H21NO. The predicted molar refractivity (Wildman–Crippen MR) is 70.5 cm³/mol. The summed E-state index contributed by atoms with van der Waals surface area (Å²) in [6.45, 7) is 4.68. The highest BCUT2D eigenvalue weighted by atomic mass is 16.1. The Morgan fingerprint density at radius 2 is 2.00 bits per heavy atom. The van der Waals surface area contributed by atoms with Gasteiger partial charge in [-0.1, -0.05) is 18.6 Å². The first kappa shape index (κ1) is 12.3. The summed E-state index contributed by atoms with van der Waals surface area (Å²) >= 11 is 0. The van der Waals surface area contributed by atoms with E-state index in [0.717, 1.165) is 5.56 Å². The number of ketones is 1. The van der Waals surface area contributed by atoms with Crippen LogP contribution in [0.3, 0.4) is 0 Å². The molecule has 0 amide bonds. The maximum Gasteiger partial charge on any atom is 0.176 e. The summed E-state index contributed by atoms with van der Waals surface area (Å²) in [6, 6.07) is 6.61. The zero-order valence-corrected chi connectivity index (χ0v) is 11.0. The van der Waals surface area contributed by atoms with Crippen LogP contribution in [0.15, 0.2) is 18.2 Å². The smallest absolute Gasteiger partial charge is 0.176 e. The molecule has 17 heavy (non-hydrogen) atoms. The van der Waals surface area contributed by atoms with E-state index in [2.05, 4.69) is 25.8 Å². The summed E-state index contributed by atoms with van der Waals surface area (Å²) in [6.07, 6.45) is 3.81. The van der Waals surface area contributed by atoms with Crippen LogP contribution in [0.2, 0.25) is 0 Å². The van der Waals surface area contributed by atoms with Gasteiger partial charge in [-0.25, -0.2) is 0 Å². The quantitative estimate of drug-likeness (QED) is 0.742. The lowest BCUT2D eigenvalue weighted by Crippen LogP contribution is -2.40. The molecule has 0 saturated heterocycles. The number of likely N-dealkylation sites (N-methyl/N-ethyl adjacent to an activating group) is 1. The fourth-order valence-electron chi connectivity index (χ4n) is 2.19. The number of carbonyl (C=O) groups is 1. The maximum absolute atomic E-state index is 12.1. The minimum atomic E-state index is 0.238. The summed E-state index contributed by atoms with van der Waals surface area (Å²) in [5.41, 5.74) is 3.29. The Hall–Kier alpha value is -1.15. The van der Waals surface area contributed by atoms with Crippen molar-refractivity contribution in [3.05, 3.63) is 34.9 Å². The Morgan fingerprint density at radius 1 is 1.29 bits per heavy atom. The van der Waals surface area contributed by atoms with E-state index in [1.165, 1.54) is 30.4 Å². The summed E-state index contributed by atoms with van der Waals surface area (Å²) in [5.74, 6) is 0.238. The van der Waals surface area contributed by atoms with Crippen LogP contribution in [0.4, 0.5) is 0 Å². The molecular weight excluding hydrogens is 210 g/mol. The van der Waals surface area contributed by atoms with Gasteiger partial charge in [-0.05, 0) is 50.9 Å². The monoisotopic (exact) mass is 231 g/mol. The Morgan fingerprint density at radius 3 is 2.53 bits per heavy atom. The van der Waals surface area contributed by atoms with Gasteiger partial charge in [0, 0.05) is 11.6 Å². The third-order valence-electron chi connectivity index (χ3n) is 3.92. The summed E-state index contributed by atoms with van der Waals surface area (Å²) in [4.78, 5) is 14.3. The predicted octanol–water partition coefficient (Wildman–Crippen LogP) is 2.97. The summed E-state index contributed by atoms with van der Waals surface area (Å²) in [5, 5.41) is 0. The molecule has 1 aliphatic carbocycles. The van der Waals surface area contributed by atoms with Gasteiger partial charge in [0.05, 0.1) is 6.54 Å². The van der Waals surface area contributed by atoms with Crippen LogP contribution in [0.25, 0.3) is 0 Å². The number of carbonyl (C=O) groups excluding carboxylic acids is 1. The van der Waals surface area contributed by atoms with Crippen molar-refractivity contribution < 1.29 is 4.79 Å². The van der Waals surface area contributed by atoms with Crippen LogP contribution < -0.4 is 0 Å². The first-order valence-electron chi connectivity index (χ1n) is 6.38. The first-order chi connectivity index (χ1) is 8.08. The molecule has 0 atom stereocenters. The fraction of sp³-hybridized carbons (Fsp3) is 0.533. The molecule has 0 heterocycles. The average Bonchev–Trinajstić information content (AvgIpc) is 2.19. The van der Waals surface area contributed by atoms with Gasteiger partial charge in [0.1, 0.15) is 0 Å². The standard InChI is InChI=1S/C15H21NO/c1-11-7-8-13(9-12(11)2)15(17)10-16(3)14-5-4-6-14/h7-9,14H,4-6,10H2,1-3H3. The van der Waals surface area contributed by atoms with E-state index < -0.39 is 0 Å². The molecule has 2 rings (SSSR count). The lowest BCUT2D eigenvalue weighted by atomic mass is 9.91. The molecule has 0 N–H and O–H groups in total. The van der Waals surface area contributed by atoms with Gasteiger partial charge in [0.15, 0.2) is 5.78 Å². The van der Waals surface area contributed by atoms with Crippen LogP contribution >= 0.6 is 0 Å². The van der Waals surface area contributed by atoms with E-state index >= 15 is 0 Å². The zero-order chi connectivity index (χ0) is 12.4. The van der Waals surface area contributed by atoms with Crippen LogP contribution in [0.1, 0.15) is 40.7 Å². The lowest BCUT2D eigenvalue weighted by Gasteiger charge is -2.34. The number of hydrogen-bond acceptors (Lipinski definition) is 2. The highest BCUT2D eigenvalue weighted by Crippen LogP contribution is 2.23. The van der Waals surface area contributed by atoms with E-state index in [4.69, 9.17) is 0 Å². The SMILES string of the molecule is Cc1ccc(C(=O)CN(C)C2CCC2)cc1C. The normalized spacial score (nSPS) is 16.0. The molecule has 0 bridgehead atoms. The van der Waals surface area contributed by atoms with Crippen molar-refractivity contribution in [3.63, 3.8) is 0 Å². The van der Waals surface area contributed by atoms with Crippen LogP contribution in [0, 0.1) is 13.8 Å². The van der Waals surface area contributed by atoms with Gasteiger partial charge < -0.3 is 0 Å². The zero-order valence-electron chi connectivity index (χ0n) is 11.0. The highest BCUT2D eigenvalue weighted by Gasteiger charge is 2.23. The minimum Gasteiger partial charge on any atom is -0.296 e. The average molecular weight is 231 g/mol. The van der Waals surface area contributed by atoms with Crippen LogP contribution in [-0.2, 0) is 0 Å². The molecule has 1 aromatic rings. The number of nitrogens with zero attached hydrogens (tertiary/aromatic N) is 1. The van der Waals surface area contributed by atoms with Crippen molar-refractivity contribution in [3.8, 4) is 0 Å². The van der Waals surface area contributed by atoms with E-state index in [0.29, 0.717) is 12.6 Å². The highest BCUT2D eigenvalue weighted by molar-refractivity contribution is 5.97. The van der Waals surface area contributed by atoms with Gasteiger partial charge in [-0.15, -0.1) is 0 Å². The largest absolute Gasteiger partial charge is 0.296 e. The molecule has 1 aromatic carbocycles. The molecule has 1 saturated carbocycles. The fourth-order valence-corrected chi connectivity index (χ4v) is 2.19. The maximum atomic E-state index is 12.1. The second kappa shape index (κ2) is 5.01. The van der Waals surface area contributed by atoms with Crippen molar-refractivity contribution in [2.24, 2.45) is 0 Å².